The SMILES string of the molecule is O=C(NCC(c1ccc(C(F)(F)F)cc1)N1CCOCC1)c1cnc(-c2ccccc2)s1. The Balaban J connectivity index is 1.48. The van der Waals surface area contributed by atoms with Crippen LogP contribution in [0.2, 0.25) is 0 Å². The first-order valence-electron chi connectivity index (χ1n) is 10.2. The summed E-state index contributed by atoms with van der Waals surface area (Å²) in [5.74, 6) is -0.255. The molecule has 1 fully saturated rings. The summed E-state index contributed by atoms with van der Waals surface area (Å²) in [6.07, 6.45) is -2.84. The maximum Gasteiger partial charge on any atom is 0.416 e. The normalized spacial score (nSPS) is 16.0. The van der Waals surface area contributed by atoms with Crippen molar-refractivity contribution >= 4 is 17.2 Å². The average molecular weight is 462 g/mol. The highest BCUT2D eigenvalue weighted by Gasteiger charge is 2.31. The Kier molecular flexibility index (Phi) is 6.88. The van der Waals surface area contributed by atoms with Crippen molar-refractivity contribution in [3.63, 3.8) is 0 Å². The van der Waals surface area contributed by atoms with E-state index in [0.717, 1.165) is 28.3 Å². The van der Waals surface area contributed by atoms with E-state index in [4.69, 9.17) is 4.74 Å². The smallest absolute Gasteiger partial charge is 0.379 e. The first kappa shape index (κ1) is 22.4. The number of hydrogen-bond donors (Lipinski definition) is 1. The molecular formula is C23H22F3N3O2S. The number of halogens is 3. The summed E-state index contributed by atoms with van der Waals surface area (Å²) in [6.45, 7) is 2.63. The standard InChI is InChI=1S/C23H22F3N3O2S/c24-23(25,26)18-8-6-16(7-9-18)19(29-10-12-31-13-11-29)14-27-21(30)20-15-28-22(32-20)17-4-2-1-3-5-17/h1-9,15,19H,10-14H2,(H,27,30). The molecule has 2 heterocycles. The molecular weight excluding hydrogens is 439 g/mol. The van der Waals surface area contributed by atoms with Crippen LogP contribution in [-0.2, 0) is 10.9 Å². The van der Waals surface area contributed by atoms with E-state index in [1.165, 1.54) is 23.5 Å². The fourth-order valence-electron chi connectivity index (χ4n) is 3.61. The topological polar surface area (TPSA) is 54.5 Å². The number of amides is 1. The molecule has 4 rings (SSSR count). The van der Waals surface area contributed by atoms with Crippen LogP contribution in [0, 0.1) is 0 Å². The van der Waals surface area contributed by atoms with Crippen LogP contribution < -0.4 is 5.32 Å². The molecule has 0 saturated carbocycles. The van der Waals surface area contributed by atoms with Gasteiger partial charge in [-0.3, -0.25) is 9.69 Å². The molecule has 1 saturated heterocycles. The number of benzene rings is 2. The second kappa shape index (κ2) is 9.81. The number of rotatable bonds is 6. The summed E-state index contributed by atoms with van der Waals surface area (Å²) in [7, 11) is 0. The van der Waals surface area contributed by atoms with Crippen molar-refractivity contribution in [2.24, 2.45) is 0 Å². The molecule has 2 aromatic carbocycles. The molecule has 1 atom stereocenters. The van der Waals surface area contributed by atoms with Gasteiger partial charge in [-0.1, -0.05) is 42.5 Å². The number of hydrogen-bond acceptors (Lipinski definition) is 5. The van der Waals surface area contributed by atoms with Gasteiger partial charge in [0, 0.05) is 25.2 Å². The monoisotopic (exact) mass is 461 g/mol. The molecule has 0 spiro atoms. The third kappa shape index (κ3) is 5.35. The third-order valence-corrected chi connectivity index (χ3v) is 6.36. The second-order valence-electron chi connectivity index (χ2n) is 7.39. The zero-order valence-electron chi connectivity index (χ0n) is 17.1. The molecule has 0 aliphatic carbocycles. The number of thiazole rings is 1. The fourth-order valence-corrected chi connectivity index (χ4v) is 4.45. The van der Waals surface area contributed by atoms with Gasteiger partial charge in [-0.05, 0) is 17.7 Å². The third-order valence-electron chi connectivity index (χ3n) is 5.32. The van der Waals surface area contributed by atoms with Crippen molar-refractivity contribution in [3.8, 4) is 10.6 Å². The van der Waals surface area contributed by atoms with Crippen molar-refractivity contribution in [2.75, 3.05) is 32.8 Å². The van der Waals surface area contributed by atoms with Crippen LogP contribution in [-0.4, -0.2) is 48.6 Å². The molecule has 3 aromatic rings. The first-order chi connectivity index (χ1) is 15.4. The number of ether oxygens (including phenoxy) is 1. The molecule has 1 unspecified atom stereocenters. The molecule has 1 aliphatic rings. The van der Waals surface area contributed by atoms with Crippen LogP contribution in [0.1, 0.15) is 26.8 Å². The van der Waals surface area contributed by atoms with Crippen molar-refractivity contribution in [2.45, 2.75) is 12.2 Å². The van der Waals surface area contributed by atoms with Crippen molar-refractivity contribution in [3.05, 3.63) is 76.8 Å². The van der Waals surface area contributed by atoms with Crippen LogP contribution >= 0.6 is 11.3 Å². The maximum atomic E-state index is 13.0. The summed E-state index contributed by atoms with van der Waals surface area (Å²) < 4.78 is 44.3. The number of alkyl halides is 3. The van der Waals surface area contributed by atoms with Crippen LogP contribution in [0.4, 0.5) is 13.2 Å². The molecule has 32 heavy (non-hydrogen) atoms. The number of aromatic nitrogens is 1. The van der Waals surface area contributed by atoms with Crippen LogP contribution in [0.5, 0.6) is 0 Å². The highest BCUT2D eigenvalue weighted by Crippen LogP contribution is 2.31. The lowest BCUT2D eigenvalue weighted by atomic mass is 10.0. The molecule has 1 aromatic heterocycles. The maximum absolute atomic E-state index is 13.0. The summed E-state index contributed by atoms with van der Waals surface area (Å²) in [5, 5.41) is 3.68. The van der Waals surface area contributed by atoms with E-state index in [2.05, 4.69) is 15.2 Å². The van der Waals surface area contributed by atoms with E-state index >= 15 is 0 Å². The van der Waals surface area contributed by atoms with Crippen LogP contribution in [0.25, 0.3) is 10.6 Å². The fraction of sp³-hybridized carbons (Fsp3) is 0.304. The van der Waals surface area contributed by atoms with Crippen molar-refractivity contribution in [1.29, 1.82) is 0 Å². The van der Waals surface area contributed by atoms with Gasteiger partial charge < -0.3 is 10.1 Å². The van der Waals surface area contributed by atoms with Crippen molar-refractivity contribution < 1.29 is 22.7 Å². The van der Waals surface area contributed by atoms with Crippen molar-refractivity contribution in [1.82, 2.24) is 15.2 Å². The van der Waals surface area contributed by atoms with Gasteiger partial charge in [-0.2, -0.15) is 13.2 Å². The lowest BCUT2D eigenvalue weighted by Gasteiger charge is -2.35. The Labute approximate surface area is 187 Å². The van der Waals surface area contributed by atoms with E-state index in [0.29, 0.717) is 31.2 Å². The summed E-state index contributed by atoms with van der Waals surface area (Å²) in [5.41, 5.74) is 0.964. The van der Waals surface area contributed by atoms with Gasteiger partial charge in [0.15, 0.2) is 0 Å². The van der Waals surface area contributed by atoms with E-state index in [-0.39, 0.29) is 18.5 Å². The zero-order valence-corrected chi connectivity index (χ0v) is 18.0. The number of carbonyl (C=O) groups excluding carboxylic acids is 1. The Morgan fingerprint density at radius 3 is 2.44 bits per heavy atom. The number of morpholine rings is 1. The van der Waals surface area contributed by atoms with Gasteiger partial charge in [0.25, 0.3) is 5.91 Å². The quantitative estimate of drug-likeness (QED) is 0.582. The minimum absolute atomic E-state index is 0.255. The predicted octanol–water partition coefficient (Wildman–Crippen LogP) is 4.63. The van der Waals surface area contributed by atoms with Gasteiger partial charge in [0.1, 0.15) is 9.88 Å². The van der Waals surface area contributed by atoms with Gasteiger partial charge >= 0.3 is 6.18 Å². The molecule has 5 nitrogen and oxygen atoms in total. The van der Waals surface area contributed by atoms with Gasteiger partial charge in [0.2, 0.25) is 0 Å². The van der Waals surface area contributed by atoms with E-state index in [1.807, 2.05) is 30.3 Å². The highest BCUT2D eigenvalue weighted by atomic mass is 32.1. The lowest BCUT2D eigenvalue weighted by molar-refractivity contribution is -0.137. The molecule has 1 amide bonds. The first-order valence-corrected chi connectivity index (χ1v) is 11.0. The van der Waals surface area contributed by atoms with Gasteiger partial charge in [0.05, 0.1) is 31.0 Å². The molecule has 168 valence electrons. The minimum atomic E-state index is -4.39. The van der Waals surface area contributed by atoms with Gasteiger partial charge in [-0.15, -0.1) is 11.3 Å². The molecule has 0 bridgehead atoms. The largest absolute Gasteiger partial charge is 0.416 e. The second-order valence-corrected chi connectivity index (χ2v) is 8.42. The Hall–Kier alpha value is -2.75. The predicted molar refractivity (Wildman–Crippen MR) is 116 cm³/mol. The Morgan fingerprint density at radius 2 is 1.78 bits per heavy atom. The Bertz CT molecular complexity index is 1030. The average Bonchev–Trinajstić information content (AvgIpc) is 3.31. The molecule has 9 heteroatoms. The number of nitrogens with one attached hydrogen (secondary N) is 1. The summed E-state index contributed by atoms with van der Waals surface area (Å²) >= 11 is 1.30. The number of carbonyl (C=O) groups is 1. The summed E-state index contributed by atoms with van der Waals surface area (Å²) in [4.78, 5) is 19.7. The van der Waals surface area contributed by atoms with E-state index < -0.39 is 11.7 Å². The minimum Gasteiger partial charge on any atom is -0.379 e. The molecule has 1 aliphatic heterocycles. The summed E-state index contributed by atoms with van der Waals surface area (Å²) in [6, 6.07) is 14.5. The highest BCUT2D eigenvalue weighted by molar-refractivity contribution is 7.16. The Morgan fingerprint density at radius 1 is 1.09 bits per heavy atom. The van der Waals surface area contributed by atoms with Crippen LogP contribution in [0.15, 0.2) is 60.8 Å². The zero-order chi connectivity index (χ0) is 22.6. The molecule has 0 radical (unpaired) electrons. The van der Waals surface area contributed by atoms with Gasteiger partial charge in [-0.25, -0.2) is 4.98 Å². The van der Waals surface area contributed by atoms with Crippen LogP contribution in [0.3, 0.4) is 0 Å². The molecule has 1 N–H and O–H groups in total. The number of nitrogens with zero attached hydrogens (tertiary/aromatic N) is 2. The lowest BCUT2D eigenvalue weighted by Crippen LogP contribution is -2.43. The van der Waals surface area contributed by atoms with E-state index in [9.17, 15) is 18.0 Å². The van der Waals surface area contributed by atoms with E-state index in [1.54, 1.807) is 6.20 Å².